The number of nitrogens with two attached hydrogens (primary N) is 1. The largest absolute Gasteiger partial charge is 0.411 e. The Hall–Kier alpha value is -0.800. The Morgan fingerprint density at radius 3 is 2.84 bits per heavy atom. The van der Waals surface area contributed by atoms with Gasteiger partial charge >= 0.3 is 6.18 Å². The quantitative estimate of drug-likeness (QED) is 0.827. The fourth-order valence-electron chi connectivity index (χ4n) is 1.70. The summed E-state index contributed by atoms with van der Waals surface area (Å²) in [6.07, 6.45) is -4.12. The molecule has 1 aliphatic heterocycles. The van der Waals surface area contributed by atoms with E-state index < -0.39 is 12.8 Å². The second-order valence-electron chi connectivity index (χ2n) is 4.27. The molecule has 0 aliphatic carbocycles. The summed E-state index contributed by atoms with van der Waals surface area (Å²) in [5.41, 5.74) is 5.89. The fourth-order valence-corrected chi connectivity index (χ4v) is 2.98. The molecule has 0 amide bonds. The van der Waals surface area contributed by atoms with E-state index in [0.29, 0.717) is 11.7 Å². The molecule has 1 aromatic rings. The summed E-state index contributed by atoms with van der Waals surface area (Å²) in [4.78, 5) is 4.14. The van der Waals surface area contributed by atoms with Gasteiger partial charge in [0, 0.05) is 24.0 Å². The number of alkyl halides is 3. The third-order valence-corrected chi connectivity index (χ3v) is 3.88. The Morgan fingerprint density at radius 2 is 2.21 bits per heavy atom. The van der Waals surface area contributed by atoms with Crippen LogP contribution in [0.5, 0.6) is 0 Å². The van der Waals surface area contributed by atoms with Gasteiger partial charge in [-0.15, -0.1) is 0 Å². The molecule has 1 saturated heterocycles. The van der Waals surface area contributed by atoms with Crippen molar-refractivity contribution < 1.29 is 22.4 Å². The fraction of sp³-hybridized carbons (Fsp3) is 0.800. The van der Waals surface area contributed by atoms with Gasteiger partial charge in [0.25, 0.3) is 0 Å². The topological polar surface area (TPSA) is 74.2 Å². The first kappa shape index (κ1) is 14.6. The lowest BCUT2D eigenvalue weighted by Crippen LogP contribution is -2.26. The van der Waals surface area contributed by atoms with Crippen LogP contribution in [-0.4, -0.2) is 47.1 Å². The summed E-state index contributed by atoms with van der Waals surface area (Å²) in [6, 6.07) is -0.0141. The minimum Gasteiger partial charge on any atom is -0.372 e. The Kier molecular flexibility index (Phi) is 4.69. The van der Waals surface area contributed by atoms with Crippen molar-refractivity contribution in [3.63, 3.8) is 0 Å². The summed E-state index contributed by atoms with van der Waals surface area (Å²) in [7, 11) is 0. The van der Waals surface area contributed by atoms with E-state index in [-0.39, 0.29) is 25.0 Å². The Bertz CT molecular complexity index is 413. The van der Waals surface area contributed by atoms with Crippen LogP contribution < -0.4 is 5.73 Å². The van der Waals surface area contributed by atoms with Crippen LogP contribution in [0.3, 0.4) is 0 Å². The average molecular weight is 297 g/mol. The van der Waals surface area contributed by atoms with Crippen molar-refractivity contribution in [2.45, 2.75) is 24.6 Å². The maximum atomic E-state index is 11.8. The molecule has 9 heteroatoms. The minimum atomic E-state index is -4.31. The first-order valence-electron chi connectivity index (χ1n) is 5.76. The van der Waals surface area contributed by atoms with Crippen LogP contribution >= 0.6 is 11.8 Å². The summed E-state index contributed by atoms with van der Waals surface area (Å²) in [5, 5.41) is 3.72. The van der Waals surface area contributed by atoms with Gasteiger partial charge in [-0.1, -0.05) is 5.16 Å². The zero-order valence-corrected chi connectivity index (χ0v) is 10.8. The molecule has 0 aromatic carbocycles. The molecule has 2 rings (SSSR count). The van der Waals surface area contributed by atoms with Gasteiger partial charge in [0.1, 0.15) is 6.61 Å². The molecule has 0 saturated carbocycles. The monoisotopic (exact) mass is 297 g/mol. The minimum absolute atomic E-state index is 0.0141. The van der Waals surface area contributed by atoms with E-state index in [1.807, 2.05) is 0 Å². The van der Waals surface area contributed by atoms with Gasteiger partial charge in [-0.25, -0.2) is 0 Å². The van der Waals surface area contributed by atoms with Crippen LogP contribution in [0.2, 0.25) is 0 Å². The Balaban J connectivity index is 1.78. The first-order valence-corrected chi connectivity index (χ1v) is 6.91. The van der Waals surface area contributed by atoms with E-state index >= 15 is 0 Å². The molecule has 19 heavy (non-hydrogen) atoms. The molecule has 1 fully saturated rings. The van der Waals surface area contributed by atoms with Crippen molar-refractivity contribution in [2.24, 2.45) is 5.73 Å². The van der Waals surface area contributed by atoms with Crippen molar-refractivity contribution in [1.82, 2.24) is 10.1 Å². The second-order valence-corrected chi connectivity index (χ2v) is 5.35. The first-order chi connectivity index (χ1) is 8.96. The van der Waals surface area contributed by atoms with E-state index in [9.17, 15) is 13.2 Å². The standard InChI is InChI=1S/C10H14F3N3O2S/c11-10(12,13)5-17-2-1-8-15-9(18-16-8)6-3-19-4-7(6)14/h6-7H,1-5,14H2. The number of thioether (sulfide) groups is 1. The molecule has 2 heterocycles. The summed E-state index contributed by atoms with van der Waals surface area (Å²) in [6.45, 7) is -1.36. The number of rotatable bonds is 5. The Morgan fingerprint density at radius 1 is 1.42 bits per heavy atom. The molecule has 108 valence electrons. The van der Waals surface area contributed by atoms with E-state index in [1.54, 1.807) is 11.8 Å². The number of hydrogen-bond acceptors (Lipinski definition) is 6. The van der Waals surface area contributed by atoms with Gasteiger partial charge in [0.15, 0.2) is 5.82 Å². The van der Waals surface area contributed by atoms with Gasteiger partial charge in [-0.05, 0) is 0 Å². The SMILES string of the molecule is NC1CSCC1c1nc(CCOCC(F)(F)F)no1. The Labute approximate surface area is 112 Å². The van der Waals surface area contributed by atoms with Crippen molar-refractivity contribution >= 4 is 11.8 Å². The molecule has 1 aromatic heterocycles. The third-order valence-electron chi connectivity index (χ3n) is 2.66. The smallest absolute Gasteiger partial charge is 0.372 e. The van der Waals surface area contributed by atoms with Crippen molar-refractivity contribution in [2.75, 3.05) is 24.7 Å². The van der Waals surface area contributed by atoms with Gasteiger partial charge in [0.2, 0.25) is 5.89 Å². The maximum Gasteiger partial charge on any atom is 0.411 e. The predicted octanol–water partition coefficient (Wildman–Crippen LogP) is 1.35. The van der Waals surface area contributed by atoms with Crippen LogP contribution in [0.15, 0.2) is 4.52 Å². The zero-order chi connectivity index (χ0) is 13.9. The highest BCUT2D eigenvalue weighted by Crippen LogP contribution is 2.30. The molecule has 0 spiro atoms. The van der Waals surface area contributed by atoms with E-state index in [2.05, 4.69) is 14.9 Å². The number of nitrogens with zero attached hydrogens (tertiary/aromatic N) is 2. The molecular formula is C10H14F3N3O2S. The molecule has 0 radical (unpaired) electrons. The highest BCUT2D eigenvalue weighted by molar-refractivity contribution is 7.99. The van der Waals surface area contributed by atoms with E-state index in [4.69, 9.17) is 10.3 Å². The lowest BCUT2D eigenvalue weighted by Gasteiger charge is -2.07. The third kappa shape index (κ3) is 4.36. The molecule has 2 atom stereocenters. The van der Waals surface area contributed by atoms with Gasteiger partial charge < -0.3 is 15.0 Å². The maximum absolute atomic E-state index is 11.8. The molecule has 1 aliphatic rings. The van der Waals surface area contributed by atoms with Crippen molar-refractivity contribution in [3.05, 3.63) is 11.7 Å². The lowest BCUT2D eigenvalue weighted by molar-refractivity contribution is -0.173. The van der Waals surface area contributed by atoms with Crippen molar-refractivity contribution in [3.8, 4) is 0 Å². The van der Waals surface area contributed by atoms with Crippen LogP contribution in [0, 0.1) is 0 Å². The summed E-state index contributed by atoms with van der Waals surface area (Å²) in [5.74, 6) is 2.51. The summed E-state index contributed by atoms with van der Waals surface area (Å²) < 4.78 is 45.1. The molecule has 2 unspecified atom stereocenters. The zero-order valence-electron chi connectivity index (χ0n) is 10.0. The average Bonchev–Trinajstić information content (AvgIpc) is 2.91. The van der Waals surface area contributed by atoms with Crippen LogP contribution in [-0.2, 0) is 11.2 Å². The predicted molar refractivity (Wildman–Crippen MR) is 62.9 cm³/mol. The molecule has 5 nitrogen and oxygen atoms in total. The number of aromatic nitrogens is 2. The number of ether oxygens (including phenoxy) is 1. The van der Waals surface area contributed by atoms with Gasteiger partial charge in [-0.2, -0.15) is 29.9 Å². The molecule has 0 bridgehead atoms. The highest BCUT2D eigenvalue weighted by Gasteiger charge is 2.31. The molecule has 2 N–H and O–H groups in total. The van der Waals surface area contributed by atoms with Crippen LogP contribution in [0.1, 0.15) is 17.6 Å². The lowest BCUT2D eigenvalue weighted by atomic mass is 10.1. The molecular weight excluding hydrogens is 283 g/mol. The summed E-state index contributed by atoms with van der Waals surface area (Å²) >= 11 is 1.72. The van der Waals surface area contributed by atoms with Gasteiger partial charge in [-0.3, -0.25) is 0 Å². The number of halogens is 3. The van der Waals surface area contributed by atoms with Gasteiger partial charge in [0.05, 0.1) is 12.5 Å². The normalized spacial score (nSPS) is 24.0. The second kappa shape index (κ2) is 6.10. The van der Waals surface area contributed by atoms with Crippen LogP contribution in [0.25, 0.3) is 0 Å². The van der Waals surface area contributed by atoms with E-state index in [1.165, 1.54) is 0 Å². The number of hydrogen-bond donors (Lipinski definition) is 1. The van der Waals surface area contributed by atoms with Crippen molar-refractivity contribution in [1.29, 1.82) is 0 Å². The van der Waals surface area contributed by atoms with E-state index in [0.717, 1.165) is 11.5 Å². The van der Waals surface area contributed by atoms with Crippen LogP contribution in [0.4, 0.5) is 13.2 Å². The highest BCUT2D eigenvalue weighted by atomic mass is 32.2.